The second-order valence-corrected chi connectivity index (χ2v) is 11.9. The Labute approximate surface area is 223 Å². The SMILES string of the molecule is CO/N=C1\CC2CC(=NO[C@@H]3CCNC3)CC[C@]2(C)[C@H]2CC[C@]3(C)C(=O)CC[C@H]3[C@H]12.O=C(O)/C=C/C(=O)O. The highest BCUT2D eigenvalue weighted by Crippen LogP contribution is 2.64. The highest BCUT2D eigenvalue weighted by molar-refractivity contribution is 5.94. The summed E-state index contributed by atoms with van der Waals surface area (Å²) in [6, 6.07) is 0. The lowest BCUT2D eigenvalue weighted by atomic mass is 9.45. The number of oxime groups is 2. The van der Waals surface area contributed by atoms with E-state index in [9.17, 15) is 14.4 Å². The summed E-state index contributed by atoms with van der Waals surface area (Å²) in [6.45, 7) is 6.67. The van der Waals surface area contributed by atoms with Crippen molar-refractivity contribution in [2.45, 2.75) is 77.7 Å². The number of carbonyl (C=O) groups is 3. The van der Waals surface area contributed by atoms with Gasteiger partial charge in [-0.3, -0.25) is 4.79 Å². The van der Waals surface area contributed by atoms with Crippen molar-refractivity contribution in [1.29, 1.82) is 0 Å². The molecule has 5 fully saturated rings. The quantitative estimate of drug-likeness (QED) is 0.360. The number of carbonyl (C=O) groups excluding carboxylic acids is 1. The molecule has 0 aromatic heterocycles. The molecule has 0 bridgehead atoms. The maximum atomic E-state index is 12.8. The van der Waals surface area contributed by atoms with E-state index in [2.05, 4.69) is 29.5 Å². The number of rotatable bonds is 5. The molecule has 5 rings (SSSR count). The van der Waals surface area contributed by atoms with Crippen molar-refractivity contribution < 1.29 is 34.3 Å². The summed E-state index contributed by atoms with van der Waals surface area (Å²) >= 11 is 0. The van der Waals surface area contributed by atoms with Crippen LogP contribution >= 0.6 is 0 Å². The van der Waals surface area contributed by atoms with Gasteiger partial charge in [0.1, 0.15) is 19.0 Å². The van der Waals surface area contributed by atoms with Crippen molar-refractivity contribution in [2.24, 2.45) is 44.8 Å². The lowest BCUT2D eigenvalue weighted by Gasteiger charge is -2.59. The maximum Gasteiger partial charge on any atom is 0.328 e. The second-order valence-electron chi connectivity index (χ2n) is 11.9. The van der Waals surface area contributed by atoms with Gasteiger partial charge in [-0.05, 0) is 74.7 Å². The number of hydrogen-bond acceptors (Lipinski definition) is 8. The van der Waals surface area contributed by atoms with Crippen molar-refractivity contribution >= 4 is 29.1 Å². The van der Waals surface area contributed by atoms with Gasteiger partial charge in [-0.2, -0.15) is 0 Å². The van der Waals surface area contributed by atoms with Gasteiger partial charge in [0.15, 0.2) is 0 Å². The van der Waals surface area contributed by atoms with E-state index in [1.165, 1.54) is 17.8 Å². The number of carboxylic acids is 2. The van der Waals surface area contributed by atoms with Gasteiger partial charge in [-0.25, -0.2) is 9.59 Å². The normalized spacial score (nSPS) is 40.2. The minimum atomic E-state index is -1.26. The Balaban J connectivity index is 0.000000368. The van der Waals surface area contributed by atoms with Crippen LogP contribution in [0, 0.1) is 34.5 Å². The fraction of sp³-hybridized carbons (Fsp3) is 0.750. The van der Waals surface area contributed by atoms with E-state index in [0.717, 1.165) is 64.5 Å². The molecule has 1 saturated heterocycles. The van der Waals surface area contributed by atoms with Crippen molar-refractivity contribution in [3.63, 3.8) is 0 Å². The lowest BCUT2D eigenvalue weighted by Crippen LogP contribution is -2.57. The second kappa shape index (κ2) is 11.6. The molecule has 0 aromatic rings. The number of nitrogens with one attached hydrogen (secondary N) is 1. The Morgan fingerprint density at radius 3 is 2.37 bits per heavy atom. The first-order chi connectivity index (χ1) is 18.1. The molecule has 7 atom stereocenters. The molecule has 5 aliphatic rings. The van der Waals surface area contributed by atoms with Gasteiger partial charge in [0.05, 0.1) is 11.4 Å². The van der Waals surface area contributed by atoms with Crippen molar-refractivity contribution in [1.82, 2.24) is 5.32 Å². The highest BCUT2D eigenvalue weighted by atomic mass is 16.6. The molecule has 0 radical (unpaired) electrons. The molecule has 38 heavy (non-hydrogen) atoms. The Morgan fingerprint density at radius 1 is 1.00 bits per heavy atom. The fourth-order valence-corrected chi connectivity index (χ4v) is 7.85. The third kappa shape index (κ3) is 5.65. The van der Waals surface area contributed by atoms with E-state index < -0.39 is 11.9 Å². The molecule has 3 N–H and O–H groups in total. The summed E-state index contributed by atoms with van der Waals surface area (Å²) in [6.07, 6.45) is 10.5. The van der Waals surface area contributed by atoms with E-state index in [1.807, 2.05) is 0 Å². The van der Waals surface area contributed by atoms with Crippen LogP contribution in [-0.4, -0.2) is 65.7 Å². The van der Waals surface area contributed by atoms with Crippen LogP contribution in [0.1, 0.15) is 71.6 Å². The summed E-state index contributed by atoms with van der Waals surface area (Å²) in [5.74, 6) is -0.0756. The predicted molar refractivity (Wildman–Crippen MR) is 141 cm³/mol. The fourth-order valence-electron chi connectivity index (χ4n) is 7.85. The number of carboxylic acid groups (broad SMARTS) is 2. The molecule has 10 heteroatoms. The number of nitrogens with zero attached hydrogens (tertiary/aromatic N) is 2. The monoisotopic (exact) mass is 531 g/mol. The Kier molecular flexibility index (Phi) is 8.59. The van der Waals surface area contributed by atoms with Gasteiger partial charge in [0, 0.05) is 42.9 Å². The first kappa shape index (κ1) is 28.3. The molecule has 1 aliphatic heterocycles. The highest BCUT2D eigenvalue weighted by Gasteiger charge is 2.62. The maximum absolute atomic E-state index is 12.8. The smallest absolute Gasteiger partial charge is 0.328 e. The number of aliphatic carboxylic acids is 2. The topological polar surface area (TPSA) is 147 Å². The van der Waals surface area contributed by atoms with Crippen LogP contribution < -0.4 is 5.32 Å². The van der Waals surface area contributed by atoms with Crippen molar-refractivity contribution in [3.8, 4) is 0 Å². The number of Topliss-reactive ketones (excluding diaryl/α,β-unsaturated/α-hetero) is 1. The molecular formula is C28H41N3O7. The minimum absolute atomic E-state index is 0.149. The van der Waals surface area contributed by atoms with Crippen LogP contribution in [0.15, 0.2) is 22.5 Å². The predicted octanol–water partition coefficient (Wildman–Crippen LogP) is 3.66. The Bertz CT molecular complexity index is 1000. The van der Waals surface area contributed by atoms with Gasteiger partial charge in [-0.1, -0.05) is 24.2 Å². The first-order valence-corrected chi connectivity index (χ1v) is 13.8. The van der Waals surface area contributed by atoms with Crippen LogP contribution in [0.5, 0.6) is 0 Å². The molecule has 210 valence electrons. The average Bonchev–Trinajstić information content (AvgIpc) is 3.50. The Hall–Kier alpha value is -2.75. The van der Waals surface area contributed by atoms with E-state index >= 15 is 0 Å². The molecular weight excluding hydrogens is 490 g/mol. The average molecular weight is 532 g/mol. The lowest BCUT2D eigenvalue weighted by molar-refractivity contribution is -0.134. The standard InChI is InChI=1S/C24H37N3O3.C4H4O4/c1-23-9-6-16(26-30-17-8-11-25-14-17)12-15(23)13-20(27-29-3)22-18-4-5-21(28)24(18,2)10-7-19(22)23;5-3(6)1-2-4(7)8/h15,17-19,22,25H,4-14H2,1-3H3;1-2H,(H,5,6)(H,7,8)/b26-16?,27-20+;2-1+/t15?,17-,18+,19+,22+,23+,24+;/m1./s1. The molecule has 4 aliphatic carbocycles. The van der Waals surface area contributed by atoms with Crippen LogP contribution in [0.4, 0.5) is 0 Å². The molecule has 0 aromatic carbocycles. The van der Waals surface area contributed by atoms with Gasteiger partial charge in [-0.15, -0.1) is 0 Å². The zero-order chi connectivity index (χ0) is 27.5. The number of ketones is 1. The zero-order valence-corrected chi connectivity index (χ0v) is 22.6. The van der Waals surface area contributed by atoms with Gasteiger partial charge < -0.3 is 25.2 Å². The molecule has 0 spiro atoms. The van der Waals surface area contributed by atoms with Crippen LogP contribution in [0.2, 0.25) is 0 Å². The summed E-state index contributed by atoms with van der Waals surface area (Å²) < 4.78 is 0. The van der Waals surface area contributed by atoms with Crippen molar-refractivity contribution in [3.05, 3.63) is 12.2 Å². The van der Waals surface area contributed by atoms with Crippen LogP contribution in [-0.2, 0) is 24.1 Å². The third-order valence-corrected chi connectivity index (χ3v) is 9.96. The van der Waals surface area contributed by atoms with E-state index in [4.69, 9.17) is 19.9 Å². The zero-order valence-electron chi connectivity index (χ0n) is 22.6. The summed E-state index contributed by atoms with van der Waals surface area (Å²) in [5, 5.41) is 28.1. The minimum Gasteiger partial charge on any atom is -0.478 e. The van der Waals surface area contributed by atoms with Crippen molar-refractivity contribution in [2.75, 3.05) is 20.2 Å². The van der Waals surface area contributed by atoms with E-state index in [-0.39, 0.29) is 11.5 Å². The summed E-state index contributed by atoms with van der Waals surface area (Å²) in [7, 11) is 1.66. The van der Waals surface area contributed by atoms with Gasteiger partial charge in [0.25, 0.3) is 0 Å². The molecule has 0 amide bonds. The number of fused-ring (bicyclic) bond motifs is 5. The number of hydrogen-bond donors (Lipinski definition) is 3. The largest absolute Gasteiger partial charge is 0.478 e. The van der Waals surface area contributed by atoms with Gasteiger partial charge in [0.2, 0.25) is 0 Å². The third-order valence-electron chi connectivity index (χ3n) is 9.96. The molecule has 4 saturated carbocycles. The first-order valence-electron chi connectivity index (χ1n) is 13.8. The summed E-state index contributed by atoms with van der Waals surface area (Å²) in [5.41, 5.74) is 2.57. The molecule has 1 unspecified atom stereocenters. The Morgan fingerprint density at radius 2 is 1.74 bits per heavy atom. The summed E-state index contributed by atoms with van der Waals surface area (Å²) in [4.78, 5) is 43.0. The van der Waals surface area contributed by atoms with Gasteiger partial charge >= 0.3 is 11.9 Å². The van der Waals surface area contributed by atoms with E-state index in [1.54, 1.807) is 7.11 Å². The van der Waals surface area contributed by atoms with Crippen LogP contribution in [0.25, 0.3) is 0 Å². The van der Waals surface area contributed by atoms with Crippen LogP contribution in [0.3, 0.4) is 0 Å². The molecule has 1 heterocycles. The van der Waals surface area contributed by atoms with E-state index in [0.29, 0.717) is 47.0 Å². The molecule has 10 nitrogen and oxygen atoms in total.